The van der Waals surface area contributed by atoms with Gasteiger partial charge in [0.05, 0.1) is 20.4 Å². The summed E-state index contributed by atoms with van der Waals surface area (Å²) in [4.78, 5) is 7.43. The van der Waals surface area contributed by atoms with E-state index >= 15 is 0 Å². The Morgan fingerprint density at radius 2 is 2.00 bits per heavy atom. The minimum absolute atomic E-state index is 0.0191. The van der Waals surface area contributed by atoms with E-state index in [1.807, 2.05) is 0 Å². The van der Waals surface area contributed by atoms with E-state index in [2.05, 4.69) is 9.97 Å². The number of nitrogens with zero attached hydrogens (tertiary/aromatic N) is 2. The molecule has 1 aromatic heterocycles. The molecule has 0 saturated carbocycles. The van der Waals surface area contributed by atoms with Gasteiger partial charge in [0.2, 0.25) is 0 Å². The van der Waals surface area contributed by atoms with Gasteiger partial charge in [-0.2, -0.15) is 4.98 Å². The molecule has 0 radical (unpaired) electrons. The first-order chi connectivity index (χ1) is 6.19. The SMILES string of the molecule is COc1ncc(OC)c(B(O)O)n1. The molecule has 2 N–H and O–H groups in total. The molecule has 13 heavy (non-hydrogen) atoms. The molecule has 1 aromatic rings. The third-order valence-electron chi connectivity index (χ3n) is 1.41. The van der Waals surface area contributed by atoms with Crippen LogP contribution >= 0.6 is 0 Å². The standard InChI is InChI=1S/C6H9BN2O4/c1-12-4-3-8-6(13-2)9-5(4)7(10)11/h3,10-11H,1-2H3. The van der Waals surface area contributed by atoms with Gasteiger partial charge in [-0.3, -0.25) is 0 Å². The van der Waals surface area contributed by atoms with Gasteiger partial charge in [-0.25, -0.2) is 4.98 Å². The van der Waals surface area contributed by atoms with Gasteiger partial charge in [0, 0.05) is 0 Å². The van der Waals surface area contributed by atoms with Crippen LogP contribution in [-0.4, -0.2) is 41.4 Å². The molecule has 0 spiro atoms. The van der Waals surface area contributed by atoms with Crippen LogP contribution in [0, 0.1) is 0 Å². The van der Waals surface area contributed by atoms with Crippen LogP contribution in [0.3, 0.4) is 0 Å². The lowest BCUT2D eigenvalue weighted by Gasteiger charge is -2.06. The van der Waals surface area contributed by atoms with Crippen molar-refractivity contribution in [1.29, 1.82) is 0 Å². The molecule has 0 unspecified atom stereocenters. The smallest absolute Gasteiger partial charge is 0.494 e. The molecule has 7 heteroatoms. The monoisotopic (exact) mass is 184 g/mol. The van der Waals surface area contributed by atoms with Gasteiger partial charge in [0.15, 0.2) is 5.75 Å². The Balaban J connectivity index is 3.10. The Hall–Kier alpha value is -1.34. The summed E-state index contributed by atoms with van der Waals surface area (Å²) in [6.45, 7) is 0. The lowest BCUT2D eigenvalue weighted by molar-refractivity contribution is 0.366. The normalized spacial score (nSPS) is 9.54. The third-order valence-corrected chi connectivity index (χ3v) is 1.41. The summed E-state index contributed by atoms with van der Waals surface area (Å²) in [6, 6.07) is 0.0592. The molecule has 0 fully saturated rings. The number of hydrogen-bond acceptors (Lipinski definition) is 6. The second kappa shape index (κ2) is 4.06. The highest BCUT2D eigenvalue weighted by Gasteiger charge is 2.20. The van der Waals surface area contributed by atoms with Crippen LogP contribution in [0.2, 0.25) is 0 Å². The zero-order valence-electron chi connectivity index (χ0n) is 7.26. The number of ether oxygens (including phenoxy) is 2. The van der Waals surface area contributed by atoms with Crippen molar-refractivity contribution in [3.63, 3.8) is 0 Å². The predicted octanol–water partition coefficient (Wildman–Crippen LogP) is -1.83. The molecule has 0 amide bonds. The van der Waals surface area contributed by atoms with Crippen LogP contribution in [0.1, 0.15) is 0 Å². The molecular weight excluding hydrogens is 175 g/mol. The van der Waals surface area contributed by atoms with E-state index in [0.29, 0.717) is 0 Å². The van der Waals surface area contributed by atoms with Crippen molar-refractivity contribution in [2.24, 2.45) is 0 Å². The summed E-state index contributed by atoms with van der Waals surface area (Å²) >= 11 is 0. The zero-order valence-corrected chi connectivity index (χ0v) is 7.26. The van der Waals surface area contributed by atoms with E-state index < -0.39 is 7.12 Å². The Kier molecular flexibility index (Phi) is 3.05. The molecule has 0 aliphatic heterocycles. The van der Waals surface area contributed by atoms with Crippen LogP contribution in [0.5, 0.6) is 11.8 Å². The van der Waals surface area contributed by atoms with Crippen molar-refractivity contribution in [2.45, 2.75) is 0 Å². The van der Waals surface area contributed by atoms with Crippen LogP contribution in [0.25, 0.3) is 0 Å². The van der Waals surface area contributed by atoms with Crippen molar-refractivity contribution in [2.75, 3.05) is 14.2 Å². The summed E-state index contributed by atoms with van der Waals surface area (Å²) < 4.78 is 9.51. The number of hydrogen-bond donors (Lipinski definition) is 2. The fourth-order valence-corrected chi connectivity index (χ4v) is 0.808. The highest BCUT2D eigenvalue weighted by Crippen LogP contribution is 2.06. The maximum atomic E-state index is 8.89. The molecule has 70 valence electrons. The summed E-state index contributed by atoms with van der Waals surface area (Å²) in [5, 5.41) is 17.8. The number of aromatic nitrogens is 2. The molecule has 0 atom stereocenters. The van der Waals surface area contributed by atoms with Gasteiger partial charge in [-0.1, -0.05) is 0 Å². The lowest BCUT2D eigenvalue weighted by atomic mass is 9.85. The van der Waals surface area contributed by atoms with E-state index in [9.17, 15) is 0 Å². The predicted molar refractivity (Wildman–Crippen MR) is 45.0 cm³/mol. The van der Waals surface area contributed by atoms with Crippen molar-refractivity contribution >= 4 is 12.7 Å². The van der Waals surface area contributed by atoms with Gasteiger partial charge in [-0.15, -0.1) is 0 Å². The van der Waals surface area contributed by atoms with Crippen LogP contribution in [-0.2, 0) is 0 Å². The highest BCUT2D eigenvalue weighted by molar-refractivity contribution is 6.58. The average molecular weight is 184 g/mol. The van der Waals surface area contributed by atoms with Crippen LogP contribution in [0.15, 0.2) is 6.20 Å². The van der Waals surface area contributed by atoms with Crippen molar-refractivity contribution in [3.05, 3.63) is 6.20 Å². The van der Waals surface area contributed by atoms with Gasteiger partial charge < -0.3 is 19.5 Å². The molecular formula is C6H9BN2O4. The van der Waals surface area contributed by atoms with Gasteiger partial charge in [-0.05, 0) is 0 Å². The van der Waals surface area contributed by atoms with Gasteiger partial charge in [0.1, 0.15) is 5.59 Å². The van der Waals surface area contributed by atoms with E-state index in [-0.39, 0.29) is 17.4 Å². The highest BCUT2D eigenvalue weighted by atomic mass is 16.5. The number of rotatable bonds is 3. The molecule has 0 aromatic carbocycles. The van der Waals surface area contributed by atoms with E-state index in [1.54, 1.807) is 0 Å². The van der Waals surface area contributed by atoms with E-state index in [4.69, 9.17) is 19.5 Å². The molecule has 0 aliphatic carbocycles. The average Bonchev–Trinajstić information content (AvgIpc) is 2.16. The third kappa shape index (κ3) is 2.07. The molecule has 1 heterocycles. The second-order valence-electron chi connectivity index (χ2n) is 2.18. The zero-order chi connectivity index (χ0) is 9.84. The Bertz CT molecular complexity index is 294. The van der Waals surface area contributed by atoms with E-state index in [0.717, 1.165) is 0 Å². The topological polar surface area (TPSA) is 84.7 Å². The molecule has 0 aliphatic rings. The Morgan fingerprint density at radius 1 is 1.31 bits per heavy atom. The minimum atomic E-state index is -1.70. The van der Waals surface area contributed by atoms with Crippen molar-refractivity contribution < 1.29 is 19.5 Å². The number of methoxy groups -OCH3 is 2. The largest absolute Gasteiger partial charge is 0.512 e. The maximum absolute atomic E-state index is 8.89. The maximum Gasteiger partial charge on any atom is 0.512 e. The fraction of sp³-hybridized carbons (Fsp3) is 0.333. The Labute approximate surface area is 75.3 Å². The summed E-state index contributed by atoms with van der Waals surface area (Å²) in [6.07, 6.45) is 1.31. The summed E-state index contributed by atoms with van der Waals surface area (Å²) in [7, 11) is 1.07. The van der Waals surface area contributed by atoms with Crippen LogP contribution in [0.4, 0.5) is 0 Å². The first kappa shape index (κ1) is 9.75. The molecule has 1 rings (SSSR count). The van der Waals surface area contributed by atoms with Crippen LogP contribution < -0.4 is 15.1 Å². The fourth-order valence-electron chi connectivity index (χ4n) is 0.808. The van der Waals surface area contributed by atoms with Crippen molar-refractivity contribution in [3.8, 4) is 11.8 Å². The quantitative estimate of drug-likeness (QED) is 0.537. The summed E-state index contributed by atoms with van der Waals surface area (Å²) in [5.74, 6) is 0.204. The first-order valence-electron chi connectivity index (χ1n) is 3.50. The molecule has 6 nitrogen and oxygen atoms in total. The van der Waals surface area contributed by atoms with Gasteiger partial charge >= 0.3 is 13.1 Å². The van der Waals surface area contributed by atoms with Crippen molar-refractivity contribution in [1.82, 2.24) is 9.97 Å². The molecule has 0 saturated heterocycles. The lowest BCUT2D eigenvalue weighted by Crippen LogP contribution is -2.34. The first-order valence-corrected chi connectivity index (χ1v) is 3.50. The van der Waals surface area contributed by atoms with Gasteiger partial charge in [0.25, 0.3) is 0 Å². The van der Waals surface area contributed by atoms with E-state index in [1.165, 1.54) is 20.4 Å². The molecule has 0 bridgehead atoms. The summed E-state index contributed by atoms with van der Waals surface area (Å²) in [5.41, 5.74) is -0.0191. The second-order valence-corrected chi connectivity index (χ2v) is 2.18. The minimum Gasteiger partial charge on any atom is -0.494 e. The Morgan fingerprint density at radius 3 is 2.46 bits per heavy atom.